The molecule has 0 atom stereocenters. The number of alkyl halides is 15. The Morgan fingerprint density at radius 1 is 0.272 bits per heavy atom. The fourth-order valence-corrected chi connectivity index (χ4v) is 11.1. The van der Waals surface area contributed by atoms with Crippen LogP contribution in [0, 0.1) is 0 Å². The summed E-state index contributed by atoms with van der Waals surface area (Å²) in [7, 11) is 5.81. The molecule has 35 nitrogen and oxygen atoms in total. The topological polar surface area (TPSA) is 449 Å². The molecule has 0 spiro atoms. The Labute approximate surface area is 623 Å². The first-order valence-corrected chi connectivity index (χ1v) is 34.3. The average Bonchev–Trinajstić information content (AvgIpc) is 0.787. The Balaban J connectivity index is 0.000000222. The molecule has 114 heavy (non-hydrogen) atoms. The van der Waals surface area contributed by atoms with Gasteiger partial charge in [0.1, 0.15) is 27.6 Å². The van der Waals surface area contributed by atoms with Gasteiger partial charge in [-0.15, -0.1) is 0 Å². The van der Waals surface area contributed by atoms with Gasteiger partial charge >= 0.3 is 28.4 Å². The molecule has 10 rings (SSSR count). The van der Waals surface area contributed by atoms with Crippen LogP contribution in [-0.2, 0) is 68.0 Å². The van der Waals surface area contributed by atoms with Crippen LogP contribution in [0.1, 0.15) is 165 Å². The number of aromatic amines is 5. The summed E-state index contributed by atoms with van der Waals surface area (Å²) in [4.78, 5) is 208. The van der Waals surface area contributed by atoms with Gasteiger partial charge in [-0.1, -0.05) is 46.0 Å². The number of aryl methyl sites for hydroxylation is 5. The summed E-state index contributed by atoms with van der Waals surface area (Å²) in [6.45, 7) is 3.45. The van der Waals surface area contributed by atoms with Crippen molar-refractivity contribution >= 4 is 55.2 Å². The summed E-state index contributed by atoms with van der Waals surface area (Å²) in [6, 6.07) is 0. The minimum atomic E-state index is -3.11. The van der Waals surface area contributed by atoms with Gasteiger partial charge in [-0.25, -0.2) is 110 Å². The molecule has 10 heterocycles. The van der Waals surface area contributed by atoms with Crippen LogP contribution >= 0.6 is 0 Å². The molecule has 624 valence electrons. The molecule has 5 N–H and O–H groups in total. The quantitative estimate of drug-likeness (QED) is 0.0347. The van der Waals surface area contributed by atoms with Gasteiger partial charge < -0.3 is 24.9 Å². The van der Waals surface area contributed by atoms with Crippen molar-refractivity contribution in [2.45, 2.75) is 181 Å². The fourth-order valence-electron chi connectivity index (χ4n) is 11.1. The minimum Gasteiger partial charge on any atom is -0.304 e. The zero-order valence-corrected chi connectivity index (χ0v) is 61.2. The lowest BCUT2D eigenvalue weighted by atomic mass is 10.2. The molecule has 0 radical (unpaired) electrons. The van der Waals surface area contributed by atoms with Crippen LogP contribution in [0.5, 0.6) is 0 Å². The molecule has 0 aliphatic rings. The molecule has 0 aliphatic carbocycles. The molecule has 10 aromatic rings. The SMILES string of the molecule is CCCCCCn1c(=O)n(C)c(=O)c2nc(C(F)F)[nH]c(=O)c21.CCCCCn1c(=O)n(C)c(=O)c2nc(C(F)F)[nH]c(=O)c21.Cn1c(=O)c2nc(C(F)F)[nH]c(=O)c2n(CCCC(F)F)c1=O.Cn1c(=O)c2nc(C(F)F)[nH]c(=O)c2n(CCCCC(F)F)c1=O.Cn1c(=O)c2nc(C(F)F)[nH]c(=O)c2n(CCCCF)c1=O. The predicted molar refractivity (Wildman–Crippen MR) is 378 cm³/mol. The van der Waals surface area contributed by atoms with Crippen LogP contribution in [0.25, 0.3) is 55.2 Å². The zero-order valence-electron chi connectivity index (χ0n) is 61.2. The Morgan fingerprint density at radius 3 is 0.675 bits per heavy atom. The molecular formula is C64H73F15N20O15. The minimum absolute atomic E-state index is 0.0217. The summed E-state index contributed by atoms with van der Waals surface area (Å²) < 4.78 is 196. The first-order valence-electron chi connectivity index (χ1n) is 34.3. The molecular weight excluding hydrogens is 1570 g/mol. The number of halogens is 15. The number of nitrogens with zero attached hydrogens (tertiary/aromatic N) is 15. The summed E-state index contributed by atoms with van der Waals surface area (Å²) >= 11 is 0. The van der Waals surface area contributed by atoms with Gasteiger partial charge in [0.15, 0.2) is 56.7 Å². The van der Waals surface area contributed by atoms with Gasteiger partial charge in [0.25, 0.3) is 87.7 Å². The monoisotopic (exact) mass is 1650 g/mol. The van der Waals surface area contributed by atoms with Crippen molar-refractivity contribution in [3.05, 3.63) is 185 Å². The van der Waals surface area contributed by atoms with Crippen molar-refractivity contribution in [2.75, 3.05) is 6.67 Å². The van der Waals surface area contributed by atoms with Crippen LogP contribution in [0.3, 0.4) is 0 Å². The highest BCUT2D eigenvalue weighted by Gasteiger charge is 2.26. The number of fused-ring (bicyclic) bond motifs is 5. The van der Waals surface area contributed by atoms with E-state index in [1.165, 1.54) is 14.1 Å². The standard InChI is InChI=1S/C14H18F2N4O3.C13H14F4N4O3.C13H16F2N4O3.C12H12F4N4O3.C12H13F3N4O3/c1-3-4-5-6-7-20-9-8(13(22)19(2)14(20)23)17-11(10(15)16)18-12(9)21;1-20-12(23)7-8(11(22)19-10(18-7)9(16)17)21(13(20)24)5-3-2-4-6(14)15;1-3-4-5-6-19-8-7(12(21)18(2)13(19)22)16-10(9(14)15)17-11(8)20;1-19-11(22)6-7(10(21)18-9(17-6)8(15)16)20(12(19)23)4-2-3-5(13)14;1-18-11(21)6-7(10(20)17-9(16-6)8(14)15)19(12(18)22)5-3-2-4-13/h10H,3-7H2,1-2H3,(H,17,18,21);6,9H,2-5H2,1H3,(H,18,19,22);9H,3-6H2,1-2H3,(H,16,17,20);5,8H,2-4H2,1H3,(H,17,18,21);8H,2-5H2,1H3,(H,16,17,20). The van der Waals surface area contributed by atoms with Gasteiger partial charge in [0.05, 0.1) is 6.67 Å². The van der Waals surface area contributed by atoms with E-state index in [-0.39, 0.29) is 87.8 Å². The second-order valence-corrected chi connectivity index (χ2v) is 24.8. The maximum atomic E-state index is 12.8. The third-order valence-electron chi connectivity index (χ3n) is 16.9. The number of nitrogens with one attached hydrogen (secondary N) is 5. The largest absolute Gasteiger partial charge is 0.331 e. The lowest BCUT2D eigenvalue weighted by Crippen LogP contribution is -2.41. The Hall–Kier alpha value is -12.0. The third kappa shape index (κ3) is 20.8. The number of hydrogen-bond donors (Lipinski definition) is 5. The summed E-state index contributed by atoms with van der Waals surface area (Å²) in [5.74, 6) is -4.68. The summed E-state index contributed by atoms with van der Waals surface area (Å²) in [6.07, 6.45) is -14.9. The van der Waals surface area contributed by atoms with E-state index in [1.54, 1.807) is 4.98 Å². The van der Waals surface area contributed by atoms with Crippen LogP contribution < -0.4 is 84.0 Å². The van der Waals surface area contributed by atoms with Gasteiger partial charge in [0, 0.05) is 80.8 Å². The van der Waals surface area contributed by atoms with Gasteiger partial charge in [-0.2, -0.15) is 0 Å². The van der Waals surface area contributed by atoms with E-state index in [4.69, 9.17) is 0 Å². The second kappa shape index (κ2) is 40.0. The molecule has 10 aromatic heterocycles. The zero-order chi connectivity index (χ0) is 85.3. The molecule has 50 heteroatoms. The van der Waals surface area contributed by atoms with Crippen molar-refractivity contribution in [1.82, 2.24) is 95.5 Å². The average molecular weight is 1650 g/mol. The highest BCUT2D eigenvalue weighted by atomic mass is 19.3. The summed E-state index contributed by atoms with van der Waals surface area (Å²) in [5.41, 5.74) is -17.8. The maximum Gasteiger partial charge on any atom is 0.331 e. The van der Waals surface area contributed by atoms with E-state index in [1.807, 2.05) is 33.8 Å². The lowest BCUT2D eigenvalue weighted by molar-refractivity contribution is 0.132. The van der Waals surface area contributed by atoms with Crippen LogP contribution in [0.2, 0.25) is 0 Å². The molecule has 0 fully saturated rings. The van der Waals surface area contributed by atoms with Gasteiger partial charge in [0.2, 0.25) is 12.9 Å². The van der Waals surface area contributed by atoms with Crippen molar-refractivity contribution < 1.29 is 65.9 Å². The molecule has 0 saturated carbocycles. The molecule has 0 bridgehead atoms. The number of rotatable bonds is 27. The Bertz CT molecular complexity index is 6000. The Kier molecular flexibility index (Phi) is 31.9. The maximum absolute atomic E-state index is 12.8. The van der Waals surface area contributed by atoms with Crippen LogP contribution in [0.15, 0.2) is 71.9 Å². The van der Waals surface area contributed by atoms with Crippen molar-refractivity contribution in [3.8, 4) is 0 Å². The fraction of sp³-hybridized carbons (Fsp3) is 0.531. The first-order chi connectivity index (χ1) is 53.6. The van der Waals surface area contributed by atoms with E-state index < -0.39 is 210 Å². The predicted octanol–water partition coefficient (Wildman–Crippen LogP) is 4.61. The van der Waals surface area contributed by atoms with E-state index in [2.05, 4.69) is 24.9 Å². The summed E-state index contributed by atoms with van der Waals surface area (Å²) in [5, 5.41) is 0. The number of H-pyrrole nitrogens is 5. The van der Waals surface area contributed by atoms with E-state index in [0.29, 0.717) is 26.5 Å². The molecule has 0 saturated heterocycles. The number of unbranched alkanes of at least 4 members (excludes halogenated alkanes) is 7. The third-order valence-corrected chi connectivity index (χ3v) is 16.9. The van der Waals surface area contributed by atoms with Crippen molar-refractivity contribution in [3.63, 3.8) is 0 Å². The highest BCUT2D eigenvalue weighted by Crippen LogP contribution is 2.20. The van der Waals surface area contributed by atoms with E-state index in [0.717, 1.165) is 85.2 Å². The second-order valence-electron chi connectivity index (χ2n) is 24.8. The molecule has 0 aromatic carbocycles. The van der Waals surface area contributed by atoms with Crippen LogP contribution in [-0.4, -0.2) is 115 Å². The van der Waals surface area contributed by atoms with Gasteiger partial charge in [-0.05, 0) is 44.9 Å². The number of hydrogen-bond acceptors (Lipinski definition) is 20. The Morgan fingerprint density at radius 2 is 0.465 bits per heavy atom. The normalized spacial score (nSPS) is 11.6. The van der Waals surface area contributed by atoms with Crippen LogP contribution in [0.4, 0.5) is 65.9 Å². The van der Waals surface area contributed by atoms with Gasteiger partial charge in [-0.3, -0.25) is 98.0 Å². The molecule has 0 amide bonds. The van der Waals surface area contributed by atoms with E-state index >= 15 is 0 Å². The van der Waals surface area contributed by atoms with Crippen molar-refractivity contribution in [2.24, 2.45) is 35.2 Å². The lowest BCUT2D eigenvalue weighted by Gasteiger charge is -2.11. The van der Waals surface area contributed by atoms with Crippen molar-refractivity contribution in [1.29, 1.82) is 0 Å². The number of aromatic nitrogens is 20. The first kappa shape index (κ1) is 90.9. The molecule has 0 unspecified atom stereocenters. The highest BCUT2D eigenvalue weighted by molar-refractivity contribution is 5.75. The smallest absolute Gasteiger partial charge is 0.304 e. The van der Waals surface area contributed by atoms with E-state index in [9.17, 15) is 138 Å². The molecule has 0 aliphatic heterocycles.